The highest BCUT2D eigenvalue weighted by Gasteiger charge is 2.23. The van der Waals surface area contributed by atoms with E-state index in [2.05, 4.69) is 16.5 Å². The van der Waals surface area contributed by atoms with Gasteiger partial charge in [-0.1, -0.05) is 19.8 Å². The van der Waals surface area contributed by atoms with Gasteiger partial charge in [0.05, 0.1) is 18.1 Å². The minimum Gasteiger partial charge on any atom is -0.497 e. The summed E-state index contributed by atoms with van der Waals surface area (Å²) in [6.07, 6.45) is 4.98. The van der Waals surface area contributed by atoms with Crippen molar-refractivity contribution in [2.75, 3.05) is 12.8 Å². The first-order valence-electron chi connectivity index (χ1n) is 7.00. The predicted octanol–water partition coefficient (Wildman–Crippen LogP) is 3.38. The second kappa shape index (κ2) is 4.76. The highest BCUT2D eigenvalue weighted by atomic mass is 16.5. The van der Waals surface area contributed by atoms with Gasteiger partial charge in [0.15, 0.2) is 0 Å². The van der Waals surface area contributed by atoms with Gasteiger partial charge in [-0.15, -0.1) is 0 Å². The lowest BCUT2D eigenvalue weighted by atomic mass is 9.87. The summed E-state index contributed by atoms with van der Waals surface area (Å²) in [5.41, 5.74) is 8.18. The number of rotatable bonds is 2. The van der Waals surface area contributed by atoms with Crippen LogP contribution >= 0.6 is 0 Å². The quantitative estimate of drug-likeness (QED) is 0.899. The normalized spacial score (nSPS) is 23.7. The van der Waals surface area contributed by atoms with Gasteiger partial charge in [0.25, 0.3) is 0 Å². The molecule has 1 heterocycles. The van der Waals surface area contributed by atoms with Crippen LogP contribution in [0.4, 0.5) is 5.95 Å². The first-order valence-corrected chi connectivity index (χ1v) is 7.00. The molecular weight excluding hydrogens is 238 g/mol. The number of fused-ring (bicyclic) bond motifs is 1. The number of aromatic nitrogens is 2. The molecule has 2 atom stereocenters. The van der Waals surface area contributed by atoms with E-state index in [9.17, 15) is 0 Å². The molecule has 0 amide bonds. The molecule has 2 aromatic rings. The topological polar surface area (TPSA) is 53.1 Å². The average Bonchev–Trinajstić information content (AvgIpc) is 2.73. The SMILES string of the molecule is COc1ccc2nc(N)n(C3CCCC(C)C3)c2c1. The van der Waals surface area contributed by atoms with Gasteiger partial charge in [-0.2, -0.15) is 0 Å². The van der Waals surface area contributed by atoms with Crippen LogP contribution in [0.5, 0.6) is 5.75 Å². The molecule has 0 radical (unpaired) electrons. The lowest BCUT2D eigenvalue weighted by Gasteiger charge is -2.28. The zero-order valence-corrected chi connectivity index (χ0v) is 11.6. The molecule has 0 saturated heterocycles. The van der Waals surface area contributed by atoms with Crippen molar-refractivity contribution in [1.82, 2.24) is 9.55 Å². The summed E-state index contributed by atoms with van der Waals surface area (Å²) in [6, 6.07) is 6.43. The lowest BCUT2D eigenvalue weighted by molar-refractivity contribution is 0.289. The summed E-state index contributed by atoms with van der Waals surface area (Å²) < 4.78 is 7.51. The number of benzene rings is 1. The van der Waals surface area contributed by atoms with E-state index in [0.717, 1.165) is 22.7 Å². The second-order valence-corrected chi connectivity index (χ2v) is 5.62. The first-order chi connectivity index (χ1) is 9.19. The van der Waals surface area contributed by atoms with Gasteiger partial charge < -0.3 is 15.0 Å². The van der Waals surface area contributed by atoms with Crippen molar-refractivity contribution in [3.63, 3.8) is 0 Å². The van der Waals surface area contributed by atoms with E-state index in [4.69, 9.17) is 10.5 Å². The van der Waals surface area contributed by atoms with Crippen LogP contribution in [0.2, 0.25) is 0 Å². The maximum absolute atomic E-state index is 6.13. The van der Waals surface area contributed by atoms with Crippen molar-refractivity contribution < 1.29 is 4.74 Å². The molecule has 1 saturated carbocycles. The molecule has 19 heavy (non-hydrogen) atoms. The smallest absolute Gasteiger partial charge is 0.201 e. The number of hydrogen-bond acceptors (Lipinski definition) is 3. The summed E-state index contributed by atoms with van der Waals surface area (Å²) in [5, 5.41) is 0. The minimum absolute atomic E-state index is 0.473. The Morgan fingerprint density at radius 1 is 1.37 bits per heavy atom. The Morgan fingerprint density at radius 2 is 2.21 bits per heavy atom. The zero-order chi connectivity index (χ0) is 13.4. The fourth-order valence-corrected chi connectivity index (χ4v) is 3.24. The van der Waals surface area contributed by atoms with Crippen molar-refractivity contribution in [3.05, 3.63) is 18.2 Å². The standard InChI is InChI=1S/C15H21N3O/c1-10-4-3-5-11(8-10)18-14-9-12(19-2)6-7-13(14)17-15(18)16/h6-7,9-11H,3-5,8H2,1-2H3,(H2,16,17). The van der Waals surface area contributed by atoms with E-state index in [0.29, 0.717) is 12.0 Å². The molecule has 2 unspecified atom stereocenters. The molecule has 0 bridgehead atoms. The van der Waals surface area contributed by atoms with Crippen molar-refractivity contribution in [3.8, 4) is 5.75 Å². The monoisotopic (exact) mass is 259 g/mol. The van der Waals surface area contributed by atoms with Gasteiger partial charge in [-0.3, -0.25) is 0 Å². The molecule has 4 nitrogen and oxygen atoms in total. The highest BCUT2D eigenvalue weighted by molar-refractivity contribution is 5.80. The molecule has 102 valence electrons. The third-order valence-corrected chi connectivity index (χ3v) is 4.20. The van der Waals surface area contributed by atoms with E-state index in [1.807, 2.05) is 18.2 Å². The fraction of sp³-hybridized carbons (Fsp3) is 0.533. The van der Waals surface area contributed by atoms with Crippen LogP contribution in [-0.2, 0) is 0 Å². The Balaban J connectivity index is 2.08. The molecular formula is C15H21N3O. The van der Waals surface area contributed by atoms with Gasteiger partial charge in [-0.25, -0.2) is 4.98 Å². The number of nitrogens with two attached hydrogens (primary N) is 1. The molecule has 0 spiro atoms. The van der Waals surface area contributed by atoms with Crippen LogP contribution in [0, 0.1) is 5.92 Å². The van der Waals surface area contributed by atoms with Crippen molar-refractivity contribution in [2.45, 2.75) is 38.6 Å². The van der Waals surface area contributed by atoms with E-state index < -0.39 is 0 Å². The van der Waals surface area contributed by atoms with Crippen molar-refractivity contribution in [2.24, 2.45) is 5.92 Å². The number of hydrogen-bond donors (Lipinski definition) is 1. The Hall–Kier alpha value is -1.71. The van der Waals surface area contributed by atoms with Gasteiger partial charge in [0, 0.05) is 12.1 Å². The molecule has 1 aliphatic carbocycles. The number of ether oxygens (including phenoxy) is 1. The van der Waals surface area contributed by atoms with E-state index in [-0.39, 0.29) is 0 Å². The van der Waals surface area contributed by atoms with Crippen LogP contribution in [0.15, 0.2) is 18.2 Å². The molecule has 2 N–H and O–H groups in total. The van der Waals surface area contributed by atoms with E-state index in [1.165, 1.54) is 25.7 Å². The maximum atomic E-state index is 6.13. The third kappa shape index (κ3) is 2.15. The summed E-state index contributed by atoms with van der Waals surface area (Å²) >= 11 is 0. The first kappa shape index (κ1) is 12.3. The molecule has 4 heteroatoms. The predicted molar refractivity (Wildman–Crippen MR) is 77.4 cm³/mol. The summed E-state index contributed by atoms with van der Waals surface area (Å²) in [7, 11) is 1.69. The van der Waals surface area contributed by atoms with Crippen LogP contribution in [0.1, 0.15) is 38.6 Å². The Kier molecular flexibility index (Phi) is 3.09. The van der Waals surface area contributed by atoms with Crippen molar-refractivity contribution in [1.29, 1.82) is 0 Å². The summed E-state index contributed by atoms with van der Waals surface area (Å²) in [6.45, 7) is 2.32. The minimum atomic E-state index is 0.473. The summed E-state index contributed by atoms with van der Waals surface area (Å²) in [4.78, 5) is 4.47. The molecule has 3 rings (SSSR count). The molecule has 1 aliphatic rings. The van der Waals surface area contributed by atoms with Crippen LogP contribution in [0.25, 0.3) is 11.0 Å². The van der Waals surface area contributed by atoms with Crippen LogP contribution < -0.4 is 10.5 Å². The number of anilines is 1. The number of imidazole rings is 1. The fourth-order valence-electron chi connectivity index (χ4n) is 3.24. The van der Waals surface area contributed by atoms with Gasteiger partial charge >= 0.3 is 0 Å². The van der Waals surface area contributed by atoms with Gasteiger partial charge in [0.2, 0.25) is 5.95 Å². The molecule has 0 aliphatic heterocycles. The largest absolute Gasteiger partial charge is 0.497 e. The van der Waals surface area contributed by atoms with Gasteiger partial charge in [0.1, 0.15) is 5.75 Å². The second-order valence-electron chi connectivity index (χ2n) is 5.62. The van der Waals surface area contributed by atoms with Crippen LogP contribution in [-0.4, -0.2) is 16.7 Å². The van der Waals surface area contributed by atoms with Gasteiger partial charge in [-0.05, 0) is 30.9 Å². The summed E-state index contributed by atoms with van der Waals surface area (Å²) in [5.74, 6) is 2.25. The Morgan fingerprint density at radius 3 is 2.95 bits per heavy atom. The third-order valence-electron chi connectivity index (χ3n) is 4.20. The molecule has 1 aromatic heterocycles. The molecule has 1 aromatic carbocycles. The average molecular weight is 259 g/mol. The number of methoxy groups -OCH3 is 1. The zero-order valence-electron chi connectivity index (χ0n) is 11.6. The van der Waals surface area contributed by atoms with E-state index >= 15 is 0 Å². The highest BCUT2D eigenvalue weighted by Crippen LogP contribution is 2.36. The maximum Gasteiger partial charge on any atom is 0.201 e. The Bertz CT molecular complexity index is 590. The lowest BCUT2D eigenvalue weighted by Crippen LogP contribution is -2.19. The molecule has 1 fully saturated rings. The van der Waals surface area contributed by atoms with Crippen LogP contribution in [0.3, 0.4) is 0 Å². The van der Waals surface area contributed by atoms with E-state index in [1.54, 1.807) is 7.11 Å². The number of nitrogen functional groups attached to an aromatic ring is 1. The Labute approximate surface area is 113 Å². The number of nitrogens with zero attached hydrogens (tertiary/aromatic N) is 2. The van der Waals surface area contributed by atoms with Crippen molar-refractivity contribution >= 4 is 17.0 Å².